The minimum atomic E-state index is -3.40. The Labute approximate surface area is 179 Å². The quantitative estimate of drug-likeness (QED) is 0.662. The number of anilines is 2. The summed E-state index contributed by atoms with van der Waals surface area (Å²) in [5.74, 6) is -0.367. The standard InChI is InChI=1S/C21H18ClN3O4S/c22-17-6-9-20(23-13-17)16-2-1-3-18(12-16)24-21(26)15-4-7-19(8-5-15)25-14-29-10-11-30(25,27)28/h1-9,12-13H,10-11,14H2,(H,24,26). The molecule has 30 heavy (non-hydrogen) atoms. The summed E-state index contributed by atoms with van der Waals surface area (Å²) < 4.78 is 30.8. The van der Waals surface area contributed by atoms with E-state index in [1.54, 1.807) is 48.7 Å². The molecule has 0 saturated carbocycles. The Morgan fingerprint density at radius 1 is 1.10 bits per heavy atom. The Morgan fingerprint density at radius 2 is 1.90 bits per heavy atom. The summed E-state index contributed by atoms with van der Waals surface area (Å²) >= 11 is 5.88. The third kappa shape index (κ3) is 4.46. The van der Waals surface area contributed by atoms with Gasteiger partial charge >= 0.3 is 0 Å². The van der Waals surface area contributed by atoms with Crippen LogP contribution < -0.4 is 9.62 Å². The van der Waals surface area contributed by atoms with Crippen LogP contribution in [0, 0.1) is 0 Å². The van der Waals surface area contributed by atoms with Gasteiger partial charge < -0.3 is 10.1 Å². The molecule has 3 aromatic rings. The van der Waals surface area contributed by atoms with Gasteiger partial charge in [0, 0.05) is 23.0 Å². The molecule has 9 heteroatoms. The predicted molar refractivity (Wildman–Crippen MR) is 116 cm³/mol. The molecule has 0 atom stereocenters. The van der Waals surface area contributed by atoms with E-state index in [1.807, 2.05) is 18.2 Å². The molecule has 1 aromatic heterocycles. The fraction of sp³-hybridized carbons (Fsp3) is 0.143. The molecule has 7 nitrogen and oxygen atoms in total. The number of ether oxygens (including phenoxy) is 1. The van der Waals surface area contributed by atoms with Crippen molar-refractivity contribution < 1.29 is 17.9 Å². The monoisotopic (exact) mass is 443 g/mol. The van der Waals surface area contributed by atoms with Gasteiger partial charge in [-0.05, 0) is 48.5 Å². The van der Waals surface area contributed by atoms with Gasteiger partial charge in [0.05, 0.1) is 28.8 Å². The molecule has 2 heterocycles. The first-order chi connectivity index (χ1) is 14.4. The molecule has 0 radical (unpaired) electrons. The number of rotatable bonds is 4. The lowest BCUT2D eigenvalue weighted by atomic mass is 10.1. The topological polar surface area (TPSA) is 88.6 Å². The van der Waals surface area contributed by atoms with Crippen LogP contribution >= 0.6 is 11.6 Å². The van der Waals surface area contributed by atoms with Crippen molar-refractivity contribution in [3.8, 4) is 11.3 Å². The largest absolute Gasteiger partial charge is 0.359 e. The van der Waals surface area contributed by atoms with E-state index in [-0.39, 0.29) is 25.0 Å². The minimum absolute atomic E-state index is 0.0284. The van der Waals surface area contributed by atoms with Gasteiger partial charge in [0.25, 0.3) is 5.91 Å². The first-order valence-electron chi connectivity index (χ1n) is 9.14. The summed E-state index contributed by atoms with van der Waals surface area (Å²) in [6.07, 6.45) is 1.57. The number of carbonyl (C=O) groups excluding carboxylic acids is 1. The Bertz CT molecular complexity index is 1170. The van der Waals surface area contributed by atoms with E-state index in [2.05, 4.69) is 10.3 Å². The zero-order valence-electron chi connectivity index (χ0n) is 15.8. The maximum Gasteiger partial charge on any atom is 0.255 e. The van der Waals surface area contributed by atoms with E-state index < -0.39 is 10.0 Å². The second kappa shape index (κ2) is 8.43. The van der Waals surface area contributed by atoms with Crippen LogP contribution in [0.4, 0.5) is 11.4 Å². The number of nitrogens with one attached hydrogen (secondary N) is 1. The van der Waals surface area contributed by atoms with Crippen LogP contribution in [-0.2, 0) is 14.8 Å². The zero-order chi connectivity index (χ0) is 21.1. The van der Waals surface area contributed by atoms with Crippen molar-refractivity contribution in [1.29, 1.82) is 0 Å². The lowest BCUT2D eigenvalue weighted by Gasteiger charge is -2.28. The number of sulfonamides is 1. The van der Waals surface area contributed by atoms with Crippen molar-refractivity contribution in [2.45, 2.75) is 0 Å². The highest BCUT2D eigenvalue weighted by atomic mass is 35.5. The van der Waals surface area contributed by atoms with Crippen LogP contribution in [0.3, 0.4) is 0 Å². The van der Waals surface area contributed by atoms with Crippen molar-refractivity contribution in [3.05, 3.63) is 77.4 Å². The smallest absolute Gasteiger partial charge is 0.255 e. The van der Waals surface area contributed by atoms with Gasteiger partial charge in [-0.2, -0.15) is 0 Å². The van der Waals surface area contributed by atoms with Crippen molar-refractivity contribution in [2.75, 3.05) is 28.7 Å². The van der Waals surface area contributed by atoms with Crippen LogP contribution in [0.25, 0.3) is 11.3 Å². The predicted octanol–water partition coefficient (Wildman–Crippen LogP) is 3.78. The molecule has 1 aliphatic heterocycles. The number of hydrogen-bond acceptors (Lipinski definition) is 5. The number of amides is 1. The first kappa shape index (κ1) is 20.3. The van der Waals surface area contributed by atoms with E-state index >= 15 is 0 Å². The molecule has 4 rings (SSSR count). The van der Waals surface area contributed by atoms with Gasteiger partial charge in [0.1, 0.15) is 6.73 Å². The van der Waals surface area contributed by atoms with Gasteiger partial charge in [-0.15, -0.1) is 0 Å². The van der Waals surface area contributed by atoms with Crippen molar-refractivity contribution in [2.24, 2.45) is 0 Å². The molecule has 1 N–H and O–H groups in total. The van der Waals surface area contributed by atoms with Crippen molar-refractivity contribution in [1.82, 2.24) is 4.98 Å². The van der Waals surface area contributed by atoms with Crippen LogP contribution in [0.1, 0.15) is 10.4 Å². The average Bonchev–Trinajstić information content (AvgIpc) is 2.74. The molecule has 0 unspecified atom stereocenters. The second-order valence-corrected chi connectivity index (χ2v) is 9.09. The number of carbonyl (C=O) groups is 1. The van der Waals surface area contributed by atoms with Gasteiger partial charge in [-0.25, -0.2) is 12.7 Å². The Kier molecular flexibility index (Phi) is 5.72. The molecule has 1 saturated heterocycles. The zero-order valence-corrected chi connectivity index (χ0v) is 17.4. The normalized spacial score (nSPS) is 15.6. The third-order valence-electron chi connectivity index (χ3n) is 4.59. The highest BCUT2D eigenvalue weighted by Gasteiger charge is 2.26. The fourth-order valence-electron chi connectivity index (χ4n) is 3.02. The molecule has 0 spiro atoms. The van der Waals surface area contributed by atoms with Gasteiger partial charge in [0.2, 0.25) is 10.0 Å². The Morgan fingerprint density at radius 3 is 2.60 bits per heavy atom. The molecule has 1 amide bonds. The van der Waals surface area contributed by atoms with Crippen LogP contribution in [0.2, 0.25) is 5.02 Å². The fourth-order valence-corrected chi connectivity index (χ4v) is 4.36. The van der Waals surface area contributed by atoms with Crippen LogP contribution in [-0.4, -0.2) is 38.4 Å². The van der Waals surface area contributed by atoms with Crippen LogP contribution in [0.15, 0.2) is 66.9 Å². The van der Waals surface area contributed by atoms with Crippen molar-refractivity contribution >= 4 is 38.9 Å². The molecule has 0 bridgehead atoms. The lowest BCUT2D eigenvalue weighted by molar-refractivity contribution is 0.102. The molecule has 0 aliphatic carbocycles. The Hall–Kier alpha value is -2.94. The third-order valence-corrected chi connectivity index (χ3v) is 6.48. The number of pyridine rings is 1. The molecule has 154 valence electrons. The average molecular weight is 444 g/mol. The molecular formula is C21H18ClN3O4S. The summed E-state index contributed by atoms with van der Waals surface area (Å²) in [5.41, 5.74) is 3.07. The summed E-state index contributed by atoms with van der Waals surface area (Å²) in [6.45, 7) is 0.156. The maximum absolute atomic E-state index is 12.6. The van der Waals surface area contributed by atoms with E-state index in [4.69, 9.17) is 16.3 Å². The number of aromatic nitrogens is 1. The number of benzene rings is 2. The summed E-state index contributed by atoms with van der Waals surface area (Å²) in [5, 5.41) is 3.40. The number of halogens is 1. The number of nitrogens with zero attached hydrogens (tertiary/aromatic N) is 2. The van der Waals surface area contributed by atoms with E-state index in [0.29, 0.717) is 22.0 Å². The van der Waals surface area contributed by atoms with Gasteiger partial charge in [-0.3, -0.25) is 9.78 Å². The maximum atomic E-state index is 12.6. The number of hydrogen-bond donors (Lipinski definition) is 1. The summed E-state index contributed by atoms with van der Waals surface area (Å²) in [6, 6.07) is 17.2. The Balaban J connectivity index is 1.49. The lowest BCUT2D eigenvalue weighted by Crippen LogP contribution is -2.41. The summed E-state index contributed by atoms with van der Waals surface area (Å²) in [4.78, 5) is 16.9. The molecule has 2 aromatic carbocycles. The first-order valence-corrected chi connectivity index (χ1v) is 11.1. The van der Waals surface area contributed by atoms with Gasteiger partial charge in [0.15, 0.2) is 0 Å². The highest BCUT2D eigenvalue weighted by Crippen LogP contribution is 2.24. The highest BCUT2D eigenvalue weighted by molar-refractivity contribution is 7.92. The van der Waals surface area contributed by atoms with Crippen LogP contribution in [0.5, 0.6) is 0 Å². The second-order valence-electron chi connectivity index (χ2n) is 6.65. The molecule has 1 aliphatic rings. The van der Waals surface area contributed by atoms with E-state index in [9.17, 15) is 13.2 Å². The van der Waals surface area contributed by atoms with E-state index in [1.165, 1.54) is 4.31 Å². The molecule has 1 fully saturated rings. The van der Waals surface area contributed by atoms with E-state index in [0.717, 1.165) is 11.3 Å². The molecular weight excluding hydrogens is 426 g/mol. The van der Waals surface area contributed by atoms with Gasteiger partial charge in [-0.1, -0.05) is 23.7 Å². The van der Waals surface area contributed by atoms with Crippen molar-refractivity contribution in [3.63, 3.8) is 0 Å². The summed E-state index contributed by atoms with van der Waals surface area (Å²) in [7, 11) is -3.40. The SMILES string of the molecule is O=C(Nc1cccc(-c2ccc(Cl)cn2)c1)c1ccc(N2COCCS2(=O)=O)cc1. The minimum Gasteiger partial charge on any atom is -0.359 e.